The van der Waals surface area contributed by atoms with Crippen LogP contribution in [0.2, 0.25) is 0 Å². The maximum atomic E-state index is 5.74. The Kier molecular flexibility index (Phi) is 1.47. The third-order valence-electron chi connectivity index (χ3n) is 1.95. The van der Waals surface area contributed by atoms with Crippen LogP contribution in [0.15, 0.2) is 30.6 Å². The molecule has 0 amide bonds. The van der Waals surface area contributed by atoms with Crippen molar-refractivity contribution in [2.75, 3.05) is 5.73 Å². The largest absolute Gasteiger partial charge is 0.397 e. The van der Waals surface area contributed by atoms with E-state index in [-0.39, 0.29) is 0 Å². The molecule has 0 aliphatic rings. The average Bonchev–Trinajstić information content (AvgIpc) is 2.04. The first-order chi connectivity index (χ1) is 5.77. The molecule has 60 valence electrons. The van der Waals surface area contributed by atoms with Crippen LogP contribution in [0.5, 0.6) is 0 Å². The summed E-state index contributed by atoms with van der Waals surface area (Å²) in [5, 5.41) is 2.19. The van der Waals surface area contributed by atoms with Crippen molar-refractivity contribution in [3.8, 4) is 0 Å². The topological polar surface area (TPSA) is 38.9 Å². The highest BCUT2D eigenvalue weighted by atomic mass is 14.7. The number of nitrogens with two attached hydrogens (primary N) is 1. The fraction of sp³-hybridized carbons (Fsp3) is 0.100. The van der Waals surface area contributed by atoms with Gasteiger partial charge in [-0.05, 0) is 13.0 Å². The van der Waals surface area contributed by atoms with Crippen molar-refractivity contribution < 1.29 is 0 Å². The zero-order chi connectivity index (χ0) is 8.55. The van der Waals surface area contributed by atoms with Crippen LogP contribution in [0.4, 0.5) is 5.69 Å². The average molecular weight is 158 g/mol. The monoisotopic (exact) mass is 158 g/mol. The van der Waals surface area contributed by atoms with Gasteiger partial charge in [0.2, 0.25) is 0 Å². The standard InChI is InChI=1S/C10H10N2/c1-7-2-3-9-8(4-7)5-12-6-10(9)11/h2-6H,11H2,1H3. The summed E-state index contributed by atoms with van der Waals surface area (Å²) in [5.74, 6) is 0. The molecule has 0 fully saturated rings. The Labute approximate surface area is 71.0 Å². The summed E-state index contributed by atoms with van der Waals surface area (Å²) >= 11 is 0. The number of anilines is 1. The number of fused-ring (bicyclic) bond motifs is 1. The molecule has 2 aromatic rings. The van der Waals surface area contributed by atoms with Crippen LogP contribution in [0.1, 0.15) is 5.56 Å². The molecule has 0 atom stereocenters. The molecule has 0 aliphatic carbocycles. The normalized spacial score (nSPS) is 10.4. The van der Waals surface area contributed by atoms with E-state index in [2.05, 4.69) is 24.0 Å². The Morgan fingerprint density at radius 1 is 1.25 bits per heavy atom. The zero-order valence-electron chi connectivity index (χ0n) is 6.91. The number of aromatic nitrogens is 1. The highest BCUT2D eigenvalue weighted by molar-refractivity contribution is 5.92. The molecule has 0 aliphatic heterocycles. The number of pyridine rings is 1. The molecule has 0 unspecified atom stereocenters. The van der Waals surface area contributed by atoms with Crippen LogP contribution >= 0.6 is 0 Å². The molecule has 2 nitrogen and oxygen atoms in total. The van der Waals surface area contributed by atoms with E-state index in [1.165, 1.54) is 5.56 Å². The van der Waals surface area contributed by atoms with E-state index in [1.807, 2.05) is 12.3 Å². The van der Waals surface area contributed by atoms with E-state index in [0.29, 0.717) is 0 Å². The summed E-state index contributed by atoms with van der Waals surface area (Å²) in [4.78, 5) is 4.03. The van der Waals surface area contributed by atoms with Gasteiger partial charge in [0.15, 0.2) is 0 Å². The van der Waals surface area contributed by atoms with Crippen molar-refractivity contribution in [3.63, 3.8) is 0 Å². The van der Waals surface area contributed by atoms with Crippen LogP contribution in [0.25, 0.3) is 10.8 Å². The second-order valence-electron chi connectivity index (χ2n) is 2.95. The first kappa shape index (κ1) is 7.10. The summed E-state index contributed by atoms with van der Waals surface area (Å²) in [6.07, 6.45) is 3.51. The summed E-state index contributed by atoms with van der Waals surface area (Å²) in [7, 11) is 0. The summed E-state index contributed by atoms with van der Waals surface area (Å²) in [5.41, 5.74) is 7.72. The molecule has 1 aromatic heterocycles. The van der Waals surface area contributed by atoms with Gasteiger partial charge in [0.1, 0.15) is 0 Å². The SMILES string of the molecule is Cc1ccc2c(N)cncc2c1. The number of rotatable bonds is 0. The van der Waals surface area contributed by atoms with Gasteiger partial charge >= 0.3 is 0 Å². The summed E-state index contributed by atoms with van der Waals surface area (Å²) < 4.78 is 0. The minimum absolute atomic E-state index is 0.743. The molecule has 12 heavy (non-hydrogen) atoms. The third kappa shape index (κ3) is 1.01. The van der Waals surface area contributed by atoms with Gasteiger partial charge in [-0.1, -0.05) is 17.7 Å². The fourth-order valence-corrected chi connectivity index (χ4v) is 1.32. The lowest BCUT2D eigenvalue weighted by Crippen LogP contribution is -1.88. The molecular weight excluding hydrogens is 148 g/mol. The Morgan fingerprint density at radius 3 is 2.92 bits per heavy atom. The van der Waals surface area contributed by atoms with Gasteiger partial charge in [-0.3, -0.25) is 4.98 Å². The summed E-state index contributed by atoms with van der Waals surface area (Å²) in [6.45, 7) is 2.06. The second-order valence-corrected chi connectivity index (χ2v) is 2.95. The van der Waals surface area contributed by atoms with Gasteiger partial charge in [-0.15, -0.1) is 0 Å². The molecule has 0 saturated carbocycles. The number of benzene rings is 1. The van der Waals surface area contributed by atoms with Crippen LogP contribution in [0, 0.1) is 6.92 Å². The van der Waals surface area contributed by atoms with Crippen molar-refractivity contribution in [1.82, 2.24) is 4.98 Å². The molecule has 0 saturated heterocycles. The minimum Gasteiger partial charge on any atom is -0.397 e. The van der Waals surface area contributed by atoms with Gasteiger partial charge in [0.05, 0.1) is 11.9 Å². The molecule has 0 spiro atoms. The molecule has 1 aromatic carbocycles. The van der Waals surface area contributed by atoms with E-state index >= 15 is 0 Å². The predicted molar refractivity (Wildman–Crippen MR) is 50.9 cm³/mol. The maximum absolute atomic E-state index is 5.74. The van der Waals surface area contributed by atoms with Crippen molar-refractivity contribution in [2.24, 2.45) is 0 Å². The number of nitrogens with zero attached hydrogens (tertiary/aromatic N) is 1. The van der Waals surface area contributed by atoms with E-state index in [9.17, 15) is 0 Å². The van der Waals surface area contributed by atoms with Crippen molar-refractivity contribution >= 4 is 16.5 Å². The predicted octanol–water partition coefficient (Wildman–Crippen LogP) is 2.13. The zero-order valence-corrected chi connectivity index (χ0v) is 6.91. The van der Waals surface area contributed by atoms with Gasteiger partial charge in [-0.2, -0.15) is 0 Å². The van der Waals surface area contributed by atoms with Crippen LogP contribution in [-0.2, 0) is 0 Å². The van der Waals surface area contributed by atoms with Gasteiger partial charge in [0, 0.05) is 17.0 Å². The first-order valence-corrected chi connectivity index (χ1v) is 3.87. The molecule has 0 radical (unpaired) electrons. The van der Waals surface area contributed by atoms with Crippen molar-refractivity contribution in [2.45, 2.75) is 6.92 Å². The highest BCUT2D eigenvalue weighted by Crippen LogP contribution is 2.19. The maximum Gasteiger partial charge on any atom is 0.0580 e. The van der Waals surface area contributed by atoms with Crippen molar-refractivity contribution in [1.29, 1.82) is 0 Å². The van der Waals surface area contributed by atoms with E-state index < -0.39 is 0 Å². The molecule has 0 bridgehead atoms. The number of hydrogen-bond donors (Lipinski definition) is 1. The summed E-state index contributed by atoms with van der Waals surface area (Å²) in [6, 6.07) is 6.17. The molecule has 2 rings (SSSR count). The Balaban J connectivity index is 2.86. The van der Waals surface area contributed by atoms with Gasteiger partial charge in [-0.25, -0.2) is 0 Å². The van der Waals surface area contributed by atoms with Crippen LogP contribution in [-0.4, -0.2) is 4.98 Å². The van der Waals surface area contributed by atoms with Crippen LogP contribution < -0.4 is 5.73 Å². The Morgan fingerprint density at radius 2 is 2.08 bits per heavy atom. The van der Waals surface area contributed by atoms with Crippen LogP contribution in [0.3, 0.4) is 0 Å². The Hall–Kier alpha value is -1.57. The minimum atomic E-state index is 0.743. The molecule has 1 heterocycles. The lowest BCUT2D eigenvalue weighted by molar-refractivity contribution is 1.36. The van der Waals surface area contributed by atoms with E-state index in [4.69, 9.17) is 5.73 Å². The van der Waals surface area contributed by atoms with Crippen molar-refractivity contribution in [3.05, 3.63) is 36.2 Å². The second kappa shape index (κ2) is 2.48. The van der Waals surface area contributed by atoms with Gasteiger partial charge in [0.25, 0.3) is 0 Å². The van der Waals surface area contributed by atoms with E-state index in [0.717, 1.165) is 16.5 Å². The number of aryl methyl sites for hydroxylation is 1. The fourth-order valence-electron chi connectivity index (χ4n) is 1.32. The number of nitrogen functional groups attached to an aromatic ring is 1. The molecular formula is C10H10N2. The van der Waals surface area contributed by atoms with Gasteiger partial charge < -0.3 is 5.73 Å². The third-order valence-corrected chi connectivity index (χ3v) is 1.95. The lowest BCUT2D eigenvalue weighted by atomic mass is 10.1. The Bertz CT molecular complexity index is 421. The lowest BCUT2D eigenvalue weighted by Gasteiger charge is -2.00. The highest BCUT2D eigenvalue weighted by Gasteiger charge is 1.96. The first-order valence-electron chi connectivity index (χ1n) is 3.87. The molecule has 2 N–H and O–H groups in total. The molecule has 2 heteroatoms. The van der Waals surface area contributed by atoms with E-state index in [1.54, 1.807) is 6.20 Å². The quantitative estimate of drug-likeness (QED) is 0.637. The smallest absolute Gasteiger partial charge is 0.0580 e. The number of hydrogen-bond acceptors (Lipinski definition) is 2.